The van der Waals surface area contributed by atoms with Crippen LogP contribution in [0.25, 0.3) is 0 Å². The summed E-state index contributed by atoms with van der Waals surface area (Å²) in [6.45, 7) is 0.875. The van der Waals surface area contributed by atoms with Gasteiger partial charge in [-0.25, -0.2) is 0 Å². The Kier molecular flexibility index (Phi) is 7.13. The van der Waals surface area contributed by atoms with Gasteiger partial charge in [0.1, 0.15) is 12.4 Å². The maximum Gasteiger partial charge on any atom is 0.416 e. The summed E-state index contributed by atoms with van der Waals surface area (Å²) >= 11 is 0. The van der Waals surface area contributed by atoms with Gasteiger partial charge in [0.15, 0.2) is 0 Å². The summed E-state index contributed by atoms with van der Waals surface area (Å²) in [6, 6.07) is 2.96. The third-order valence-electron chi connectivity index (χ3n) is 2.73. The minimum Gasteiger partial charge on any atom is -0.489 e. The topological polar surface area (TPSA) is 59.6 Å². The lowest BCUT2D eigenvalue weighted by Crippen LogP contribution is -2.19. The number of carbonyl (C=O) groups is 1. The molecule has 1 amide bonds. The monoisotopic (exact) mass is 320 g/mol. The molecule has 1 aromatic carbocycles. The predicted octanol–water partition coefficient (Wildman–Crippen LogP) is 2.28. The SMILES string of the molecule is CNCCC(=O)Nc1cc(C(F)(F)F)ccc1OCCOC. The summed E-state index contributed by atoms with van der Waals surface area (Å²) in [5.74, 6) is -0.229. The Hall–Kier alpha value is -1.80. The van der Waals surface area contributed by atoms with Crippen molar-refractivity contribution in [3.8, 4) is 5.75 Å². The number of anilines is 1. The Bertz CT molecular complexity index is 493. The van der Waals surface area contributed by atoms with Crippen LogP contribution in [0.1, 0.15) is 12.0 Å². The fraction of sp³-hybridized carbons (Fsp3) is 0.500. The molecule has 5 nitrogen and oxygen atoms in total. The number of rotatable bonds is 8. The number of alkyl halides is 3. The molecule has 0 aliphatic carbocycles. The summed E-state index contributed by atoms with van der Waals surface area (Å²) in [6.07, 6.45) is -4.35. The number of amides is 1. The zero-order valence-electron chi connectivity index (χ0n) is 12.4. The van der Waals surface area contributed by atoms with E-state index in [9.17, 15) is 18.0 Å². The molecule has 0 bridgehead atoms. The molecule has 0 spiro atoms. The normalized spacial score (nSPS) is 11.3. The molecule has 8 heteroatoms. The second-order valence-corrected chi connectivity index (χ2v) is 4.45. The molecular formula is C14H19F3N2O3. The quantitative estimate of drug-likeness (QED) is 0.722. The van der Waals surface area contributed by atoms with Crippen molar-refractivity contribution >= 4 is 11.6 Å². The third-order valence-corrected chi connectivity index (χ3v) is 2.73. The third kappa shape index (κ3) is 5.90. The molecule has 1 aromatic rings. The summed E-state index contributed by atoms with van der Waals surface area (Å²) in [7, 11) is 3.16. The van der Waals surface area contributed by atoms with Crippen molar-refractivity contribution in [1.82, 2.24) is 5.32 Å². The van der Waals surface area contributed by atoms with Gasteiger partial charge in [-0.3, -0.25) is 4.79 Å². The van der Waals surface area contributed by atoms with Gasteiger partial charge in [0.05, 0.1) is 17.9 Å². The number of nitrogens with one attached hydrogen (secondary N) is 2. The van der Waals surface area contributed by atoms with Gasteiger partial charge in [-0.15, -0.1) is 0 Å². The molecule has 2 N–H and O–H groups in total. The first-order chi connectivity index (χ1) is 10.4. The van der Waals surface area contributed by atoms with Crippen molar-refractivity contribution in [2.75, 3.05) is 39.2 Å². The first-order valence-electron chi connectivity index (χ1n) is 6.66. The average molecular weight is 320 g/mol. The van der Waals surface area contributed by atoms with Crippen LogP contribution in [-0.4, -0.2) is 39.8 Å². The van der Waals surface area contributed by atoms with E-state index in [1.54, 1.807) is 7.05 Å². The number of carbonyl (C=O) groups excluding carboxylic acids is 1. The molecule has 0 aromatic heterocycles. The second kappa shape index (κ2) is 8.60. The highest BCUT2D eigenvalue weighted by Gasteiger charge is 2.31. The van der Waals surface area contributed by atoms with E-state index in [1.165, 1.54) is 13.2 Å². The second-order valence-electron chi connectivity index (χ2n) is 4.45. The molecule has 0 radical (unpaired) electrons. The first-order valence-corrected chi connectivity index (χ1v) is 6.66. The molecule has 124 valence electrons. The fourth-order valence-electron chi connectivity index (χ4n) is 1.62. The van der Waals surface area contributed by atoms with Gasteiger partial charge >= 0.3 is 6.18 Å². The molecule has 1 rings (SSSR count). The molecular weight excluding hydrogens is 301 g/mol. The van der Waals surface area contributed by atoms with Gasteiger partial charge in [0, 0.05) is 20.1 Å². The highest BCUT2D eigenvalue weighted by Crippen LogP contribution is 2.35. The molecule has 0 aliphatic rings. The lowest BCUT2D eigenvalue weighted by atomic mass is 10.1. The number of ether oxygens (including phenoxy) is 2. The fourth-order valence-corrected chi connectivity index (χ4v) is 1.62. The maximum atomic E-state index is 12.8. The van der Waals surface area contributed by atoms with Gasteiger partial charge < -0.3 is 20.1 Å². The van der Waals surface area contributed by atoms with E-state index in [0.717, 1.165) is 12.1 Å². The van der Waals surface area contributed by atoms with Crippen molar-refractivity contribution in [2.24, 2.45) is 0 Å². The van der Waals surface area contributed by atoms with E-state index in [1.807, 2.05) is 0 Å². The number of hydrogen-bond acceptors (Lipinski definition) is 4. The van der Waals surface area contributed by atoms with Gasteiger partial charge in [-0.05, 0) is 25.2 Å². The molecule has 0 unspecified atom stereocenters. The zero-order valence-corrected chi connectivity index (χ0v) is 12.4. The van der Waals surface area contributed by atoms with Crippen LogP contribution < -0.4 is 15.4 Å². The smallest absolute Gasteiger partial charge is 0.416 e. The van der Waals surface area contributed by atoms with Gasteiger partial charge in [-0.2, -0.15) is 13.2 Å². The average Bonchev–Trinajstić information content (AvgIpc) is 2.45. The van der Waals surface area contributed by atoms with Crippen LogP contribution in [0.5, 0.6) is 5.75 Å². The van der Waals surface area contributed by atoms with E-state index in [-0.39, 0.29) is 31.1 Å². The number of methoxy groups -OCH3 is 1. The minimum absolute atomic E-state index is 0.00738. The largest absolute Gasteiger partial charge is 0.489 e. The van der Waals surface area contributed by atoms with Gasteiger partial charge in [-0.1, -0.05) is 0 Å². The van der Waals surface area contributed by atoms with Crippen LogP contribution in [0, 0.1) is 0 Å². The summed E-state index contributed by atoms with van der Waals surface area (Å²) in [5, 5.41) is 5.23. The van der Waals surface area contributed by atoms with Crippen molar-refractivity contribution in [1.29, 1.82) is 0 Å². The molecule has 0 fully saturated rings. The van der Waals surface area contributed by atoms with Crippen molar-refractivity contribution in [2.45, 2.75) is 12.6 Å². The Morgan fingerprint density at radius 1 is 1.27 bits per heavy atom. The van der Waals surface area contributed by atoms with Crippen LogP contribution in [-0.2, 0) is 15.7 Å². The molecule has 0 saturated heterocycles. The van der Waals surface area contributed by atoms with Gasteiger partial charge in [0.25, 0.3) is 0 Å². The Morgan fingerprint density at radius 2 is 2.00 bits per heavy atom. The van der Waals surface area contributed by atoms with E-state index in [2.05, 4.69) is 10.6 Å². The van der Waals surface area contributed by atoms with Crippen LogP contribution in [0.4, 0.5) is 18.9 Å². The maximum absolute atomic E-state index is 12.8. The van der Waals surface area contributed by atoms with E-state index >= 15 is 0 Å². The summed E-state index contributed by atoms with van der Waals surface area (Å²) < 4.78 is 48.4. The summed E-state index contributed by atoms with van der Waals surface area (Å²) in [4.78, 5) is 11.7. The highest BCUT2D eigenvalue weighted by molar-refractivity contribution is 5.92. The number of hydrogen-bond donors (Lipinski definition) is 2. The first kappa shape index (κ1) is 18.2. The summed E-state index contributed by atoms with van der Waals surface area (Å²) in [5.41, 5.74) is -0.859. The lowest BCUT2D eigenvalue weighted by Gasteiger charge is -2.15. The zero-order chi connectivity index (χ0) is 16.6. The van der Waals surface area contributed by atoms with Crippen LogP contribution in [0.3, 0.4) is 0 Å². The van der Waals surface area contributed by atoms with Crippen LogP contribution >= 0.6 is 0 Å². The molecule has 22 heavy (non-hydrogen) atoms. The van der Waals surface area contributed by atoms with E-state index in [4.69, 9.17) is 9.47 Å². The lowest BCUT2D eigenvalue weighted by molar-refractivity contribution is -0.137. The number of benzene rings is 1. The Balaban J connectivity index is 2.92. The number of halogens is 3. The molecule has 0 heterocycles. The van der Waals surface area contributed by atoms with E-state index in [0.29, 0.717) is 6.54 Å². The van der Waals surface area contributed by atoms with E-state index < -0.39 is 17.6 Å². The van der Waals surface area contributed by atoms with Crippen LogP contribution in [0.2, 0.25) is 0 Å². The van der Waals surface area contributed by atoms with Crippen molar-refractivity contribution in [3.63, 3.8) is 0 Å². The standard InChI is InChI=1S/C14H19F3N2O3/c1-18-6-5-13(20)19-11-9-10(14(15,16)17)3-4-12(11)22-8-7-21-2/h3-4,9,18H,5-8H2,1-2H3,(H,19,20). The molecule has 0 aliphatic heterocycles. The molecule has 0 atom stereocenters. The Morgan fingerprint density at radius 3 is 2.59 bits per heavy atom. The predicted molar refractivity (Wildman–Crippen MR) is 76.0 cm³/mol. The van der Waals surface area contributed by atoms with Crippen molar-refractivity contribution < 1.29 is 27.4 Å². The van der Waals surface area contributed by atoms with Crippen LogP contribution in [0.15, 0.2) is 18.2 Å². The highest BCUT2D eigenvalue weighted by atomic mass is 19.4. The van der Waals surface area contributed by atoms with Gasteiger partial charge in [0.2, 0.25) is 5.91 Å². The molecule has 0 saturated carbocycles. The minimum atomic E-state index is -4.49. The van der Waals surface area contributed by atoms with Crippen molar-refractivity contribution in [3.05, 3.63) is 23.8 Å². The Labute approximate surface area is 126 Å².